The molecule has 0 bridgehead atoms. The van der Waals surface area contributed by atoms with Gasteiger partial charge in [0.1, 0.15) is 7.05 Å². The van der Waals surface area contributed by atoms with Gasteiger partial charge in [-0.1, -0.05) is 5.92 Å². The Hall–Kier alpha value is -2.08. The van der Waals surface area contributed by atoms with Gasteiger partial charge in [0.2, 0.25) is 5.69 Å². The van der Waals surface area contributed by atoms with Crippen molar-refractivity contribution >= 4 is 17.4 Å². The molecule has 0 spiro atoms. The molecule has 19 heavy (non-hydrogen) atoms. The minimum atomic E-state index is -0.372. The van der Waals surface area contributed by atoms with E-state index in [1.165, 1.54) is 5.71 Å². The molecular weight excluding hydrogens is 238 g/mol. The highest BCUT2D eigenvalue weighted by atomic mass is 16.5. The minimum absolute atomic E-state index is 0.00433. The van der Waals surface area contributed by atoms with Crippen molar-refractivity contribution in [1.82, 2.24) is 0 Å². The third-order valence-electron chi connectivity index (χ3n) is 3.96. The molecule has 98 valence electrons. The lowest BCUT2D eigenvalue weighted by atomic mass is 9.81. The molecule has 0 N–H and O–H groups in total. The van der Waals surface area contributed by atoms with Crippen molar-refractivity contribution in [1.29, 1.82) is 0 Å². The standard InChI is InChI=1S/C16H18NO2/c1-6-9-19-15(18)12-7-8-14-13(10-12)16(3,4)11(2)17(14)5/h1,7-8,10H,9H2,2-5H3/q+1. The first-order chi connectivity index (χ1) is 8.89. The van der Waals surface area contributed by atoms with Crippen LogP contribution in [0.2, 0.25) is 0 Å². The molecule has 0 amide bonds. The zero-order chi connectivity index (χ0) is 14.2. The number of hydrogen-bond donors (Lipinski definition) is 0. The first-order valence-electron chi connectivity index (χ1n) is 6.22. The van der Waals surface area contributed by atoms with E-state index >= 15 is 0 Å². The van der Waals surface area contributed by atoms with Gasteiger partial charge in [-0.2, -0.15) is 0 Å². The fraction of sp³-hybridized carbons (Fsp3) is 0.375. The summed E-state index contributed by atoms with van der Waals surface area (Å²) in [4.78, 5) is 11.8. The molecule has 0 fully saturated rings. The summed E-state index contributed by atoms with van der Waals surface area (Å²) in [5, 5.41) is 0. The monoisotopic (exact) mass is 256 g/mol. The van der Waals surface area contributed by atoms with Gasteiger partial charge in [-0.25, -0.2) is 9.37 Å². The summed E-state index contributed by atoms with van der Waals surface area (Å²) >= 11 is 0. The molecule has 3 heteroatoms. The second-order valence-corrected chi connectivity index (χ2v) is 5.28. The number of rotatable bonds is 2. The van der Waals surface area contributed by atoms with Crippen molar-refractivity contribution < 1.29 is 14.1 Å². The lowest BCUT2D eigenvalue weighted by Gasteiger charge is -2.15. The maximum Gasteiger partial charge on any atom is 0.339 e. The van der Waals surface area contributed by atoms with Crippen LogP contribution in [-0.2, 0) is 10.2 Å². The summed E-state index contributed by atoms with van der Waals surface area (Å²) in [6, 6.07) is 5.64. The lowest BCUT2D eigenvalue weighted by Crippen LogP contribution is -2.25. The molecule has 1 aromatic carbocycles. The van der Waals surface area contributed by atoms with Crippen molar-refractivity contribution in [3.05, 3.63) is 29.3 Å². The van der Waals surface area contributed by atoms with Crippen LogP contribution >= 0.6 is 0 Å². The molecule has 1 aliphatic heterocycles. The van der Waals surface area contributed by atoms with Gasteiger partial charge >= 0.3 is 5.97 Å². The Bertz CT molecular complexity index is 618. The van der Waals surface area contributed by atoms with Crippen molar-refractivity contribution in [2.45, 2.75) is 26.2 Å². The fourth-order valence-corrected chi connectivity index (χ4v) is 2.44. The second-order valence-electron chi connectivity index (χ2n) is 5.28. The van der Waals surface area contributed by atoms with Crippen LogP contribution in [0.3, 0.4) is 0 Å². The maximum atomic E-state index is 11.8. The predicted molar refractivity (Wildman–Crippen MR) is 75.1 cm³/mol. The van der Waals surface area contributed by atoms with Crippen LogP contribution in [0, 0.1) is 12.3 Å². The number of fused-ring (bicyclic) bond motifs is 1. The average molecular weight is 256 g/mol. The fourth-order valence-electron chi connectivity index (χ4n) is 2.44. The van der Waals surface area contributed by atoms with E-state index in [2.05, 4.69) is 31.3 Å². The highest BCUT2D eigenvalue weighted by molar-refractivity contribution is 5.96. The summed E-state index contributed by atoms with van der Waals surface area (Å²) in [6.45, 7) is 6.42. The zero-order valence-electron chi connectivity index (χ0n) is 11.8. The van der Waals surface area contributed by atoms with Crippen molar-refractivity contribution in [2.24, 2.45) is 0 Å². The first kappa shape index (κ1) is 13.4. The van der Waals surface area contributed by atoms with Gasteiger partial charge in [0.05, 0.1) is 11.0 Å². The largest absolute Gasteiger partial charge is 0.449 e. The maximum absolute atomic E-state index is 11.8. The molecule has 1 aliphatic rings. The van der Waals surface area contributed by atoms with Gasteiger partial charge in [-0.05, 0) is 26.0 Å². The van der Waals surface area contributed by atoms with Crippen molar-refractivity contribution in [3.63, 3.8) is 0 Å². The normalized spacial score (nSPS) is 15.9. The second kappa shape index (κ2) is 4.55. The molecule has 0 atom stereocenters. The Labute approximate surface area is 113 Å². The van der Waals surface area contributed by atoms with Gasteiger partial charge in [0.15, 0.2) is 12.3 Å². The lowest BCUT2D eigenvalue weighted by molar-refractivity contribution is -0.403. The van der Waals surface area contributed by atoms with Gasteiger partial charge in [-0.3, -0.25) is 0 Å². The van der Waals surface area contributed by atoms with E-state index in [1.54, 1.807) is 6.07 Å². The third kappa shape index (κ3) is 2.04. The SMILES string of the molecule is C#CCOC(=O)c1ccc2c(c1)C(C)(C)C(C)=[N+]2C. The van der Waals surface area contributed by atoms with Crippen molar-refractivity contribution in [2.75, 3.05) is 13.7 Å². The average Bonchev–Trinajstić information content (AvgIpc) is 2.57. The summed E-state index contributed by atoms with van der Waals surface area (Å²) < 4.78 is 7.12. The van der Waals surface area contributed by atoms with E-state index in [9.17, 15) is 4.79 Å². The zero-order valence-corrected chi connectivity index (χ0v) is 11.8. The van der Waals surface area contributed by atoms with Crippen molar-refractivity contribution in [3.8, 4) is 12.3 Å². The highest BCUT2D eigenvalue weighted by Crippen LogP contribution is 2.39. The number of nitrogens with zero attached hydrogens (tertiary/aromatic N) is 1. The summed E-state index contributed by atoms with van der Waals surface area (Å²) in [5.41, 5.74) is 4.01. The number of terminal acetylenes is 1. The molecule has 0 aromatic heterocycles. The molecule has 3 nitrogen and oxygen atoms in total. The molecular formula is C16H18NO2+. The summed E-state index contributed by atoms with van der Waals surface area (Å²) in [7, 11) is 2.04. The topological polar surface area (TPSA) is 29.3 Å². The van der Waals surface area contributed by atoms with E-state index in [-0.39, 0.29) is 18.0 Å². The molecule has 0 radical (unpaired) electrons. The molecule has 2 rings (SSSR count). The Morgan fingerprint density at radius 3 is 2.79 bits per heavy atom. The van der Waals surface area contributed by atoms with Gasteiger partial charge in [-0.15, -0.1) is 6.42 Å². The van der Waals surface area contributed by atoms with E-state index in [0.29, 0.717) is 5.56 Å². The third-order valence-corrected chi connectivity index (χ3v) is 3.96. The number of ether oxygens (including phenoxy) is 1. The van der Waals surface area contributed by atoms with Gasteiger partial charge < -0.3 is 4.74 Å². The predicted octanol–water partition coefficient (Wildman–Crippen LogP) is 2.50. The van der Waals surface area contributed by atoms with Crippen LogP contribution in [-0.4, -0.2) is 29.9 Å². The molecule has 1 aromatic rings. The van der Waals surface area contributed by atoms with Crippen LogP contribution in [0.15, 0.2) is 18.2 Å². The molecule has 1 heterocycles. The summed E-state index contributed by atoms with van der Waals surface area (Å²) in [5.74, 6) is 1.92. The van der Waals surface area contributed by atoms with E-state index in [4.69, 9.17) is 11.2 Å². The van der Waals surface area contributed by atoms with Crippen LogP contribution < -0.4 is 0 Å². The smallest absolute Gasteiger partial charge is 0.339 e. The molecule has 0 saturated carbocycles. The first-order valence-corrected chi connectivity index (χ1v) is 6.22. The Morgan fingerprint density at radius 1 is 1.47 bits per heavy atom. The Kier molecular flexibility index (Phi) is 3.20. The van der Waals surface area contributed by atoms with E-state index in [1.807, 2.05) is 19.2 Å². The molecule has 0 saturated heterocycles. The van der Waals surface area contributed by atoms with Gasteiger partial charge in [0.25, 0.3) is 0 Å². The number of benzene rings is 1. The van der Waals surface area contributed by atoms with Crippen LogP contribution in [0.4, 0.5) is 5.69 Å². The highest BCUT2D eigenvalue weighted by Gasteiger charge is 2.41. The molecule has 0 unspecified atom stereocenters. The van der Waals surface area contributed by atoms with E-state index < -0.39 is 0 Å². The quantitative estimate of drug-likeness (QED) is 0.462. The Morgan fingerprint density at radius 2 is 2.16 bits per heavy atom. The van der Waals surface area contributed by atoms with Crippen LogP contribution in [0.25, 0.3) is 0 Å². The number of carbonyl (C=O) groups excluding carboxylic acids is 1. The van der Waals surface area contributed by atoms with Crippen LogP contribution in [0.5, 0.6) is 0 Å². The van der Waals surface area contributed by atoms with E-state index in [0.717, 1.165) is 11.3 Å². The van der Waals surface area contributed by atoms with Gasteiger partial charge in [0, 0.05) is 18.6 Å². The molecule has 0 aliphatic carbocycles. The minimum Gasteiger partial charge on any atom is -0.449 e. The van der Waals surface area contributed by atoms with Crippen LogP contribution in [0.1, 0.15) is 36.7 Å². The summed E-state index contributed by atoms with van der Waals surface area (Å²) in [6.07, 6.45) is 5.09. The number of hydrogen-bond acceptors (Lipinski definition) is 2. The Balaban J connectivity index is 2.42. The number of carbonyl (C=O) groups is 1. The number of esters is 1.